The van der Waals surface area contributed by atoms with Gasteiger partial charge in [-0.1, -0.05) is 0 Å². The minimum Gasteiger partial charge on any atom is -0.376 e. The van der Waals surface area contributed by atoms with Gasteiger partial charge in [-0.05, 0) is 43.2 Å². The third-order valence-corrected chi connectivity index (χ3v) is 3.41. The summed E-state index contributed by atoms with van der Waals surface area (Å²) in [6.07, 6.45) is 5.87. The van der Waals surface area contributed by atoms with Gasteiger partial charge < -0.3 is 10.1 Å². The number of amides is 1. The number of carbonyl (C=O) groups excluding carboxylic acids is 1. The summed E-state index contributed by atoms with van der Waals surface area (Å²) in [5.74, 6) is -0.0625. The van der Waals surface area contributed by atoms with Crippen molar-refractivity contribution in [3.63, 3.8) is 0 Å². The topological polar surface area (TPSA) is 56.1 Å². The van der Waals surface area contributed by atoms with Crippen molar-refractivity contribution in [1.29, 1.82) is 0 Å². The number of carbonyl (C=O) groups is 1. The summed E-state index contributed by atoms with van der Waals surface area (Å²) >= 11 is 0. The van der Waals surface area contributed by atoms with Gasteiger partial charge in [-0.25, -0.2) is 4.68 Å². The maximum atomic E-state index is 12.0. The molecule has 0 radical (unpaired) electrons. The average molecular weight is 271 g/mol. The van der Waals surface area contributed by atoms with Crippen LogP contribution in [0.4, 0.5) is 0 Å². The molecule has 1 aliphatic heterocycles. The predicted octanol–water partition coefficient (Wildman–Crippen LogP) is 1.78. The number of aromatic nitrogens is 2. The molecule has 20 heavy (non-hydrogen) atoms. The van der Waals surface area contributed by atoms with Crippen molar-refractivity contribution < 1.29 is 9.53 Å². The summed E-state index contributed by atoms with van der Waals surface area (Å²) in [6.45, 7) is 1.39. The molecule has 1 atom stereocenters. The van der Waals surface area contributed by atoms with Crippen LogP contribution in [0.5, 0.6) is 0 Å². The molecule has 1 aromatic carbocycles. The second-order valence-electron chi connectivity index (χ2n) is 4.84. The summed E-state index contributed by atoms with van der Waals surface area (Å²) in [7, 11) is 0. The van der Waals surface area contributed by atoms with E-state index in [-0.39, 0.29) is 12.0 Å². The Hall–Kier alpha value is -2.14. The molecule has 1 aliphatic rings. The Bertz CT molecular complexity index is 557. The van der Waals surface area contributed by atoms with E-state index in [1.165, 1.54) is 0 Å². The van der Waals surface area contributed by atoms with E-state index in [1.807, 2.05) is 36.5 Å². The summed E-state index contributed by atoms with van der Waals surface area (Å²) in [4.78, 5) is 12.0. The lowest BCUT2D eigenvalue weighted by molar-refractivity contribution is 0.0858. The van der Waals surface area contributed by atoms with Gasteiger partial charge in [-0.2, -0.15) is 5.10 Å². The Morgan fingerprint density at radius 2 is 2.25 bits per heavy atom. The molecule has 1 aromatic heterocycles. The fourth-order valence-corrected chi connectivity index (χ4v) is 2.30. The number of rotatable bonds is 4. The van der Waals surface area contributed by atoms with Crippen molar-refractivity contribution in [2.75, 3.05) is 13.2 Å². The molecule has 1 amide bonds. The first-order valence-corrected chi connectivity index (χ1v) is 6.83. The monoisotopic (exact) mass is 271 g/mol. The zero-order valence-corrected chi connectivity index (χ0v) is 11.2. The summed E-state index contributed by atoms with van der Waals surface area (Å²) in [5.41, 5.74) is 1.59. The van der Waals surface area contributed by atoms with Gasteiger partial charge in [0, 0.05) is 31.1 Å². The zero-order chi connectivity index (χ0) is 13.8. The lowest BCUT2D eigenvalue weighted by Crippen LogP contribution is -2.31. The molecule has 0 unspecified atom stereocenters. The molecule has 1 saturated heterocycles. The first-order valence-electron chi connectivity index (χ1n) is 6.83. The number of benzene rings is 1. The number of nitrogens with zero attached hydrogens (tertiary/aromatic N) is 2. The van der Waals surface area contributed by atoms with Gasteiger partial charge in [-0.3, -0.25) is 4.79 Å². The molecule has 1 fully saturated rings. The fourth-order valence-electron chi connectivity index (χ4n) is 2.30. The Labute approximate surface area is 117 Å². The Morgan fingerprint density at radius 3 is 2.90 bits per heavy atom. The first-order chi connectivity index (χ1) is 9.83. The van der Waals surface area contributed by atoms with Crippen LogP contribution in [0.25, 0.3) is 5.69 Å². The lowest BCUT2D eigenvalue weighted by atomic mass is 10.2. The minimum atomic E-state index is -0.0625. The predicted molar refractivity (Wildman–Crippen MR) is 74.9 cm³/mol. The van der Waals surface area contributed by atoms with Crippen LogP contribution in [0.2, 0.25) is 0 Å². The normalized spacial score (nSPS) is 18.1. The van der Waals surface area contributed by atoms with Crippen LogP contribution in [0, 0.1) is 0 Å². The minimum absolute atomic E-state index is 0.0625. The van der Waals surface area contributed by atoms with Crippen LogP contribution >= 0.6 is 0 Å². The SMILES string of the molecule is O=C(NC[C@@H]1CCCO1)c1ccc(-n2cccn2)cc1. The standard InChI is InChI=1S/C15H17N3O2/c19-15(16-11-14-3-1-10-20-14)12-4-6-13(7-5-12)18-9-2-8-17-18/h2,4-9,14H,1,3,10-11H2,(H,16,19)/t14-/m0/s1. The smallest absolute Gasteiger partial charge is 0.251 e. The molecular weight excluding hydrogens is 254 g/mol. The van der Waals surface area contributed by atoms with Crippen molar-refractivity contribution in [3.05, 3.63) is 48.3 Å². The van der Waals surface area contributed by atoms with Crippen LogP contribution in [0.3, 0.4) is 0 Å². The highest BCUT2D eigenvalue weighted by atomic mass is 16.5. The number of nitrogens with one attached hydrogen (secondary N) is 1. The average Bonchev–Trinajstić information content (AvgIpc) is 3.18. The number of hydrogen-bond acceptors (Lipinski definition) is 3. The highest BCUT2D eigenvalue weighted by molar-refractivity contribution is 5.94. The van der Waals surface area contributed by atoms with E-state index in [0.717, 1.165) is 25.1 Å². The quantitative estimate of drug-likeness (QED) is 0.922. The van der Waals surface area contributed by atoms with Crippen LogP contribution < -0.4 is 5.32 Å². The first kappa shape index (κ1) is 12.9. The molecule has 2 heterocycles. The summed E-state index contributed by atoms with van der Waals surface area (Å²) in [6, 6.07) is 9.24. The maximum absolute atomic E-state index is 12.0. The Morgan fingerprint density at radius 1 is 1.40 bits per heavy atom. The van der Waals surface area contributed by atoms with E-state index in [2.05, 4.69) is 10.4 Å². The van der Waals surface area contributed by atoms with E-state index in [0.29, 0.717) is 12.1 Å². The molecule has 5 nitrogen and oxygen atoms in total. The third-order valence-electron chi connectivity index (χ3n) is 3.41. The second-order valence-corrected chi connectivity index (χ2v) is 4.84. The van der Waals surface area contributed by atoms with Gasteiger partial charge in [-0.15, -0.1) is 0 Å². The van der Waals surface area contributed by atoms with E-state index in [1.54, 1.807) is 10.9 Å². The molecule has 0 aliphatic carbocycles. The molecule has 0 bridgehead atoms. The van der Waals surface area contributed by atoms with Crippen molar-refractivity contribution in [3.8, 4) is 5.69 Å². The molecule has 0 saturated carbocycles. The molecule has 1 N–H and O–H groups in total. The molecule has 104 valence electrons. The number of ether oxygens (including phenoxy) is 1. The van der Waals surface area contributed by atoms with Crippen LogP contribution in [-0.2, 0) is 4.74 Å². The van der Waals surface area contributed by atoms with E-state index >= 15 is 0 Å². The van der Waals surface area contributed by atoms with Gasteiger partial charge in [0.1, 0.15) is 0 Å². The van der Waals surface area contributed by atoms with E-state index < -0.39 is 0 Å². The second kappa shape index (κ2) is 5.88. The van der Waals surface area contributed by atoms with Crippen molar-refractivity contribution in [1.82, 2.24) is 15.1 Å². The van der Waals surface area contributed by atoms with E-state index in [9.17, 15) is 4.79 Å². The van der Waals surface area contributed by atoms with Gasteiger partial charge in [0.25, 0.3) is 5.91 Å². The van der Waals surface area contributed by atoms with Gasteiger partial charge in [0.2, 0.25) is 0 Å². The summed E-state index contributed by atoms with van der Waals surface area (Å²) in [5, 5.41) is 7.06. The maximum Gasteiger partial charge on any atom is 0.251 e. The van der Waals surface area contributed by atoms with Gasteiger partial charge in [0.05, 0.1) is 11.8 Å². The van der Waals surface area contributed by atoms with Crippen molar-refractivity contribution in [2.24, 2.45) is 0 Å². The molecule has 3 rings (SSSR count). The highest BCUT2D eigenvalue weighted by Crippen LogP contribution is 2.12. The Kier molecular flexibility index (Phi) is 3.78. The van der Waals surface area contributed by atoms with Crippen molar-refractivity contribution >= 4 is 5.91 Å². The van der Waals surface area contributed by atoms with Crippen LogP contribution in [0.15, 0.2) is 42.7 Å². The fraction of sp³-hybridized carbons (Fsp3) is 0.333. The van der Waals surface area contributed by atoms with Crippen molar-refractivity contribution in [2.45, 2.75) is 18.9 Å². The summed E-state index contributed by atoms with van der Waals surface area (Å²) < 4.78 is 7.24. The number of hydrogen-bond donors (Lipinski definition) is 1. The lowest BCUT2D eigenvalue weighted by Gasteiger charge is -2.11. The molecule has 5 heteroatoms. The van der Waals surface area contributed by atoms with Crippen LogP contribution in [0.1, 0.15) is 23.2 Å². The van der Waals surface area contributed by atoms with E-state index in [4.69, 9.17) is 4.74 Å². The molecule has 0 spiro atoms. The Balaban J connectivity index is 1.60. The van der Waals surface area contributed by atoms with Gasteiger partial charge in [0.15, 0.2) is 0 Å². The third kappa shape index (κ3) is 2.88. The zero-order valence-electron chi connectivity index (χ0n) is 11.2. The van der Waals surface area contributed by atoms with Crippen LogP contribution in [-0.4, -0.2) is 34.9 Å². The molecule has 2 aromatic rings. The highest BCUT2D eigenvalue weighted by Gasteiger charge is 2.16. The van der Waals surface area contributed by atoms with Gasteiger partial charge >= 0.3 is 0 Å². The largest absolute Gasteiger partial charge is 0.376 e. The molecular formula is C15H17N3O2.